The van der Waals surface area contributed by atoms with Crippen LogP contribution in [0.1, 0.15) is 55.5 Å². The standard InChI is InChI=1S/C24H30N6O/c1-16-17(2)29-30(18(16)3)23-14-13-22(27-28-23)25-20-9-11-21(12-10-20)26-24(31)15-8-19-6-4-5-7-19/h9-14,19H,4-8,15H2,1-3H3,(H,25,27)(H,26,31). The lowest BCUT2D eigenvalue weighted by Gasteiger charge is -2.10. The van der Waals surface area contributed by atoms with Gasteiger partial charge in [-0.25, -0.2) is 4.68 Å². The van der Waals surface area contributed by atoms with Crippen LogP contribution in [-0.2, 0) is 4.79 Å². The van der Waals surface area contributed by atoms with E-state index in [-0.39, 0.29) is 5.91 Å². The molecule has 2 N–H and O–H groups in total. The second kappa shape index (κ2) is 9.29. The van der Waals surface area contributed by atoms with Crippen LogP contribution in [0.4, 0.5) is 17.2 Å². The summed E-state index contributed by atoms with van der Waals surface area (Å²) in [5.74, 6) is 2.16. The molecule has 31 heavy (non-hydrogen) atoms. The highest BCUT2D eigenvalue weighted by molar-refractivity contribution is 5.90. The minimum Gasteiger partial charge on any atom is -0.339 e. The lowest BCUT2D eigenvalue weighted by molar-refractivity contribution is -0.116. The van der Waals surface area contributed by atoms with Gasteiger partial charge in [-0.2, -0.15) is 5.10 Å². The summed E-state index contributed by atoms with van der Waals surface area (Å²) in [6.45, 7) is 6.07. The van der Waals surface area contributed by atoms with Crippen molar-refractivity contribution in [1.29, 1.82) is 0 Å². The molecule has 1 aliphatic carbocycles. The predicted octanol–water partition coefficient (Wildman–Crippen LogP) is 5.24. The number of aryl methyl sites for hydroxylation is 1. The second-order valence-electron chi connectivity index (χ2n) is 8.42. The van der Waals surface area contributed by atoms with Gasteiger partial charge in [0.15, 0.2) is 11.6 Å². The molecule has 0 unspecified atom stereocenters. The van der Waals surface area contributed by atoms with Crippen molar-refractivity contribution in [3.63, 3.8) is 0 Å². The first-order valence-corrected chi connectivity index (χ1v) is 11.0. The lowest BCUT2D eigenvalue weighted by Crippen LogP contribution is -2.12. The number of carbonyl (C=O) groups excluding carboxylic acids is 1. The van der Waals surface area contributed by atoms with Crippen LogP contribution in [0, 0.1) is 26.7 Å². The Hall–Kier alpha value is -3.22. The fourth-order valence-electron chi connectivity index (χ4n) is 4.09. The van der Waals surface area contributed by atoms with E-state index in [9.17, 15) is 4.79 Å². The molecule has 162 valence electrons. The quantitative estimate of drug-likeness (QED) is 0.548. The van der Waals surface area contributed by atoms with Crippen molar-refractivity contribution < 1.29 is 4.79 Å². The molecule has 0 saturated heterocycles. The van der Waals surface area contributed by atoms with E-state index in [4.69, 9.17) is 0 Å². The van der Waals surface area contributed by atoms with E-state index in [0.717, 1.165) is 40.7 Å². The molecule has 1 fully saturated rings. The summed E-state index contributed by atoms with van der Waals surface area (Å²) in [7, 11) is 0. The van der Waals surface area contributed by atoms with E-state index < -0.39 is 0 Å². The highest BCUT2D eigenvalue weighted by Crippen LogP contribution is 2.28. The van der Waals surface area contributed by atoms with Crippen LogP contribution >= 0.6 is 0 Å². The van der Waals surface area contributed by atoms with Crippen LogP contribution in [0.15, 0.2) is 36.4 Å². The summed E-state index contributed by atoms with van der Waals surface area (Å²) in [5, 5.41) is 19.3. The average molecular weight is 419 g/mol. The molecule has 3 aromatic rings. The number of anilines is 3. The highest BCUT2D eigenvalue weighted by atomic mass is 16.1. The summed E-state index contributed by atoms with van der Waals surface area (Å²) in [6, 6.07) is 11.4. The predicted molar refractivity (Wildman–Crippen MR) is 123 cm³/mol. The van der Waals surface area contributed by atoms with Gasteiger partial charge in [0.05, 0.1) is 5.69 Å². The molecular weight excluding hydrogens is 388 g/mol. The molecule has 0 spiro atoms. The number of hydrogen-bond donors (Lipinski definition) is 2. The maximum absolute atomic E-state index is 12.2. The number of nitrogens with one attached hydrogen (secondary N) is 2. The Balaban J connectivity index is 1.32. The van der Waals surface area contributed by atoms with Gasteiger partial charge in [-0.3, -0.25) is 4.79 Å². The molecule has 7 heteroatoms. The Morgan fingerprint density at radius 1 is 1.00 bits per heavy atom. The Bertz CT molecular complexity index is 1030. The molecule has 1 aromatic carbocycles. The van der Waals surface area contributed by atoms with Gasteiger partial charge >= 0.3 is 0 Å². The van der Waals surface area contributed by atoms with Crippen LogP contribution in [0.3, 0.4) is 0 Å². The van der Waals surface area contributed by atoms with E-state index in [2.05, 4.69) is 32.9 Å². The number of amides is 1. The van der Waals surface area contributed by atoms with Gasteiger partial charge in [0, 0.05) is 23.5 Å². The van der Waals surface area contributed by atoms with Crippen molar-refractivity contribution in [3.8, 4) is 5.82 Å². The molecule has 4 rings (SSSR count). The third-order valence-electron chi connectivity index (χ3n) is 6.22. The Labute approximate surface area is 183 Å². The van der Waals surface area contributed by atoms with Gasteiger partial charge in [-0.1, -0.05) is 25.7 Å². The second-order valence-corrected chi connectivity index (χ2v) is 8.42. The number of aromatic nitrogens is 4. The van der Waals surface area contributed by atoms with Crippen molar-refractivity contribution in [2.75, 3.05) is 10.6 Å². The number of rotatable bonds is 7. The van der Waals surface area contributed by atoms with E-state index in [1.54, 1.807) is 0 Å². The van der Waals surface area contributed by atoms with E-state index in [0.29, 0.717) is 18.1 Å². The van der Waals surface area contributed by atoms with Crippen molar-refractivity contribution in [3.05, 3.63) is 53.3 Å². The molecule has 0 atom stereocenters. The van der Waals surface area contributed by atoms with Crippen molar-refractivity contribution in [2.24, 2.45) is 5.92 Å². The van der Waals surface area contributed by atoms with E-state index >= 15 is 0 Å². The smallest absolute Gasteiger partial charge is 0.224 e. The molecule has 2 aromatic heterocycles. The van der Waals surface area contributed by atoms with E-state index in [1.807, 2.05) is 54.9 Å². The Morgan fingerprint density at radius 3 is 2.32 bits per heavy atom. The van der Waals surface area contributed by atoms with Crippen LogP contribution in [0.5, 0.6) is 0 Å². The minimum absolute atomic E-state index is 0.0912. The van der Waals surface area contributed by atoms with Crippen LogP contribution in [-0.4, -0.2) is 25.9 Å². The summed E-state index contributed by atoms with van der Waals surface area (Å²) >= 11 is 0. The first-order valence-electron chi connectivity index (χ1n) is 11.0. The first-order chi connectivity index (χ1) is 15.0. The first kappa shape index (κ1) is 21.0. The Kier molecular flexibility index (Phi) is 6.30. The third-order valence-corrected chi connectivity index (χ3v) is 6.22. The summed E-state index contributed by atoms with van der Waals surface area (Å²) in [4.78, 5) is 12.2. The van der Waals surface area contributed by atoms with Crippen LogP contribution in [0.2, 0.25) is 0 Å². The highest BCUT2D eigenvalue weighted by Gasteiger charge is 2.16. The van der Waals surface area contributed by atoms with Crippen molar-refractivity contribution in [2.45, 2.75) is 59.3 Å². The number of benzene rings is 1. The molecule has 2 heterocycles. The lowest BCUT2D eigenvalue weighted by atomic mass is 10.0. The summed E-state index contributed by atoms with van der Waals surface area (Å²) in [6.07, 6.45) is 6.78. The molecule has 0 bridgehead atoms. The summed E-state index contributed by atoms with van der Waals surface area (Å²) < 4.78 is 1.81. The summed E-state index contributed by atoms with van der Waals surface area (Å²) in [5.41, 5.74) is 4.91. The fourth-order valence-corrected chi connectivity index (χ4v) is 4.09. The monoisotopic (exact) mass is 418 g/mol. The molecule has 1 aliphatic rings. The maximum Gasteiger partial charge on any atom is 0.224 e. The van der Waals surface area contributed by atoms with Gasteiger partial charge in [-0.05, 0) is 75.1 Å². The zero-order valence-electron chi connectivity index (χ0n) is 18.5. The Morgan fingerprint density at radius 2 is 1.71 bits per heavy atom. The molecular formula is C24H30N6O. The maximum atomic E-state index is 12.2. The zero-order valence-corrected chi connectivity index (χ0v) is 18.5. The van der Waals surface area contributed by atoms with Crippen LogP contribution < -0.4 is 10.6 Å². The SMILES string of the molecule is Cc1nn(-c2ccc(Nc3ccc(NC(=O)CCC4CCCC4)cc3)nn2)c(C)c1C. The van der Waals surface area contributed by atoms with Gasteiger partial charge in [-0.15, -0.1) is 10.2 Å². The van der Waals surface area contributed by atoms with Gasteiger partial charge < -0.3 is 10.6 Å². The largest absolute Gasteiger partial charge is 0.339 e. The molecule has 1 saturated carbocycles. The average Bonchev–Trinajstić information content (AvgIpc) is 3.39. The van der Waals surface area contributed by atoms with Gasteiger partial charge in [0.1, 0.15) is 0 Å². The van der Waals surface area contributed by atoms with Crippen molar-refractivity contribution in [1.82, 2.24) is 20.0 Å². The topological polar surface area (TPSA) is 84.7 Å². The molecule has 0 aliphatic heterocycles. The van der Waals surface area contributed by atoms with Gasteiger partial charge in [0.25, 0.3) is 0 Å². The molecule has 0 radical (unpaired) electrons. The van der Waals surface area contributed by atoms with Gasteiger partial charge in [0.2, 0.25) is 5.91 Å². The number of nitrogens with zero attached hydrogens (tertiary/aromatic N) is 4. The normalized spacial score (nSPS) is 14.0. The van der Waals surface area contributed by atoms with E-state index in [1.165, 1.54) is 25.7 Å². The zero-order chi connectivity index (χ0) is 21.8. The molecule has 7 nitrogen and oxygen atoms in total. The fraction of sp³-hybridized carbons (Fsp3) is 0.417. The van der Waals surface area contributed by atoms with Crippen LogP contribution in [0.25, 0.3) is 5.82 Å². The third kappa shape index (κ3) is 5.10. The van der Waals surface area contributed by atoms with Crippen molar-refractivity contribution >= 4 is 23.1 Å². The minimum atomic E-state index is 0.0912. The number of carbonyl (C=O) groups is 1. The number of hydrogen-bond acceptors (Lipinski definition) is 5. The molecule has 1 amide bonds.